The van der Waals surface area contributed by atoms with Crippen LogP contribution in [0.15, 0.2) is 42.7 Å². The zero-order valence-corrected chi connectivity index (χ0v) is 12.1. The van der Waals surface area contributed by atoms with Crippen LogP contribution in [0.2, 0.25) is 5.02 Å². The SMILES string of the molecule is O=C(O)c1ccc2c(ccn2-c2ncc(C(F)(F)F)cc2Cl)c1. The van der Waals surface area contributed by atoms with Crippen molar-refractivity contribution in [3.63, 3.8) is 0 Å². The third kappa shape index (κ3) is 2.75. The van der Waals surface area contributed by atoms with Gasteiger partial charge in [-0.2, -0.15) is 13.2 Å². The van der Waals surface area contributed by atoms with Gasteiger partial charge in [-0.25, -0.2) is 9.78 Å². The van der Waals surface area contributed by atoms with Crippen LogP contribution in [0, 0.1) is 0 Å². The van der Waals surface area contributed by atoms with Crippen LogP contribution in [-0.4, -0.2) is 20.6 Å². The van der Waals surface area contributed by atoms with Gasteiger partial charge in [0.25, 0.3) is 0 Å². The second-order valence-electron chi connectivity index (χ2n) is 4.79. The van der Waals surface area contributed by atoms with Crippen molar-refractivity contribution >= 4 is 28.5 Å². The molecular weight excluding hydrogens is 333 g/mol. The normalized spacial score (nSPS) is 11.8. The first-order valence-corrected chi connectivity index (χ1v) is 6.72. The number of aromatic nitrogens is 2. The van der Waals surface area contributed by atoms with E-state index >= 15 is 0 Å². The number of hydrogen-bond acceptors (Lipinski definition) is 2. The Morgan fingerprint density at radius 3 is 2.57 bits per heavy atom. The molecule has 1 N–H and O–H groups in total. The number of fused-ring (bicyclic) bond motifs is 1. The Morgan fingerprint density at radius 2 is 1.96 bits per heavy atom. The molecule has 0 radical (unpaired) electrons. The lowest BCUT2D eigenvalue weighted by Crippen LogP contribution is -2.07. The highest BCUT2D eigenvalue weighted by molar-refractivity contribution is 6.32. The van der Waals surface area contributed by atoms with Crippen LogP contribution in [0.1, 0.15) is 15.9 Å². The molecule has 3 aromatic rings. The number of carboxylic acids is 1. The summed E-state index contributed by atoms with van der Waals surface area (Å²) < 4.78 is 39.5. The molecule has 0 amide bonds. The monoisotopic (exact) mass is 340 g/mol. The maximum atomic E-state index is 12.7. The van der Waals surface area contributed by atoms with E-state index in [1.54, 1.807) is 18.3 Å². The fraction of sp³-hybridized carbons (Fsp3) is 0.0667. The largest absolute Gasteiger partial charge is 0.478 e. The molecule has 0 aliphatic heterocycles. The number of hydrogen-bond donors (Lipinski definition) is 1. The molecule has 118 valence electrons. The molecule has 4 nitrogen and oxygen atoms in total. The summed E-state index contributed by atoms with van der Waals surface area (Å²) in [6, 6.07) is 6.86. The van der Waals surface area contributed by atoms with Crippen molar-refractivity contribution in [3.8, 4) is 5.82 Å². The molecule has 0 saturated carbocycles. The molecule has 3 rings (SSSR count). The van der Waals surface area contributed by atoms with Crippen molar-refractivity contribution in [2.24, 2.45) is 0 Å². The van der Waals surface area contributed by atoms with E-state index in [1.165, 1.54) is 16.7 Å². The minimum Gasteiger partial charge on any atom is -0.478 e. The first-order chi connectivity index (χ1) is 10.8. The third-order valence-corrected chi connectivity index (χ3v) is 3.59. The number of aromatic carboxylic acids is 1. The van der Waals surface area contributed by atoms with E-state index in [-0.39, 0.29) is 16.4 Å². The second-order valence-corrected chi connectivity index (χ2v) is 5.20. The number of benzene rings is 1. The average Bonchev–Trinajstić information content (AvgIpc) is 2.89. The fourth-order valence-electron chi connectivity index (χ4n) is 2.22. The van der Waals surface area contributed by atoms with Gasteiger partial charge >= 0.3 is 12.1 Å². The van der Waals surface area contributed by atoms with E-state index in [1.807, 2.05) is 0 Å². The van der Waals surface area contributed by atoms with Crippen LogP contribution < -0.4 is 0 Å². The molecule has 0 unspecified atom stereocenters. The molecule has 8 heteroatoms. The number of nitrogens with zero attached hydrogens (tertiary/aromatic N) is 2. The minimum atomic E-state index is -4.52. The van der Waals surface area contributed by atoms with Gasteiger partial charge < -0.3 is 5.11 Å². The van der Waals surface area contributed by atoms with E-state index in [2.05, 4.69) is 4.98 Å². The van der Waals surface area contributed by atoms with Crippen LogP contribution in [0.5, 0.6) is 0 Å². The maximum absolute atomic E-state index is 12.7. The molecule has 0 aliphatic rings. The summed E-state index contributed by atoms with van der Waals surface area (Å²) in [5, 5.41) is 9.43. The average molecular weight is 341 g/mol. The Morgan fingerprint density at radius 1 is 1.22 bits per heavy atom. The topological polar surface area (TPSA) is 55.1 Å². The number of carboxylic acid groups (broad SMARTS) is 1. The Hall–Kier alpha value is -2.54. The highest BCUT2D eigenvalue weighted by atomic mass is 35.5. The Kier molecular flexibility index (Phi) is 3.52. The zero-order valence-electron chi connectivity index (χ0n) is 11.3. The van der Waals surface area contributed by atoms with Gasteiger partial charge in [-0.1, -0.05) is 11.6 Å². The zero-order chi connectivity index (χ0) is 16.8. The van der Waals surface area contributed by atoms with Gasteiger partial charge in [-0.15, -0.1) is 0 Å². The summed E-state index contributed by atoms with van der Waals surface area (Å²) in [5.74, 6) is -0.928. The van der Waals surface area contributed by atoms with Crippen molar-refractivity contribution < 1.29 is 23.1 Å². The lowest BCUT2D eigenvalue weighted by molar-refractivity contribution is -0.137. The fourth-order valence-corrected chi connectivity index (χ4v) is 2.48. The molecule has 0 bridgehead atoms. The van der Waals surface area contributed by atoms with Crippen molar-refractivity contribution in [3.05, 3.63) is 58.9 Å². The standard InChI is InChI=1S/C15H8ClF3N2O2/c16-11-6-10(15(17,18)19)7-20-13(11)21-4-3-8-5-9(14(22)23)1-2-12(8)21/h1-7H,(H,22,23). The van der Waals surface area contributed by atoms with E-state index < -0.39 is 17.7 Å². The quantitative estimate of drug-likeness (QED) is 0.752. The van der Waals surface area contributed by atoms with Crippen LogP contribution in [0.3, 0.4) is 0 Å². The summed E-state index contributed by atoms with van der Waals surface area (Å²) in [7, 11) is 0. The summed E-state index contributed by atoms with van der Waals surface area (Å²) in [6.07, 6.45) is -2.25. The molecule has 1 aromatic carbocycles. The molecule has 2 aromatic heterocycles. The van der Waals surface area contributed by atoms with E-state index in [9.17, 15) is 18.0 Å². The number of carbonyl (C=O) groups is 1. The number of rotatable bonds is 2. The molecule has 0 saturated heterocycles. The molecule has 0 fully saturated rings. The Balaban J connectivity index is 2.12. The van der Waals surface area contributed by atoms with Gasteiger partial charge in [0.1, 0.15) is 0 Å². The first kappa shape index (κ1) is 15.4. The number of halogens is 4. The van der Waals surface area contributed by atoms with E-state index in [0.717, 1.165) is 6.07 Å². The maximum Gasteiger partial charge on any atom is 0.417 e. The van der Waals surface area contributed by atoms with E-state index in [4.69, 9.17) is 16.7 Å². The molecule has 0 atom stereocenters. The molecule has 0 spiro atoms. The van der Waals surface area contributed by atoms with E-state index in [0.29, 0.717) is 17.1 Å². The van der Waals surface area contributed by atoms with Crippen LogP contribution in [0.25, 0.3) is 16.7 Å². The summed E-state index contributed by atoms with van der Waals surface area (Å²) >= 11 is 5.93. The molecule has 2 heterocycles. The van der Waals surface area contributed by atoms with Gasteiger partial charge in [0.05, 0.1) is 21.7 Å². The van der Waals surface area contributed by atoms with Crippen molar-refractivity contribution in [2.75, 3.05) is 0 Å². The first-order valence-electron chi connectivity index (χ1n) is 6.35. The van der Waals surface area contributed by atoms with Gasteiger partial charge in [-0.05, 0) is 30.3 Å². The summed E-state index contributed by atoms with van der Waals surface area (Å²) in [5.41, 5.74) is -0.234. The Labute approximate surface area is 132 Å². The van der Waals surface area contributed by atoms with Crippen molar-refractivity contribution in [1.29, 1.82) is 0 Å². The van der Waals surface area contributed by atoms with Crippen LogP contribution >= 0.6 is 11.6 Å². The highest BCUT2D eigenvalue weighted by Gasteiger charge is 2.31. The minimum absolute atomic E-state index is 0.113. The lowest BCUT2D eigenvalue weighted by Gasteiger charge is -2.10. The van der Waals surface area contributed by atoms with Crippen LogP contribution in [-0.2, 0) is 6.18 Å². The molecule has 23 heavy (non-hydrogen) atoms. The number of pyridine rings is 1. The van der Waals surface area contributed by atoms with Gasteiger partial charge in [-0.3, -0.25) is 4.57 Å². The van der Waals surface area contributed by atoms with Crippen molar-refractivity contribution in [2.45, 2.75) is 6.18 Å². The van der Waals surface area contributed by atoms with Crippen LogP contribution in [0.4, 0.5) is 13.2 Å². The summed E-state index contributed by atoms with van der Waals surface area (Å²) in [4.78, 5) is 14.7. The Bertz CT molecular complexity index is 919. The van der Waals surface area contributed by atoms with Gasteiger partial charge in [0.15, 0.2) is 5.82 Å². The third-order valence-electron chi connectivity index (χ3n) is 3.31. The predicted octanol–water partition coefficient (Wildman–Crippen LogP) is 4.40. The number of alkyl halides is 3. The smallest absolute Gasteiger partial charge is 0.417 e. The molecule has 0 aliphatic carbocycles. The van der Waals surface area contributed by atoms with Gasteiger partial charge in [0.2, 0.25) is 0 Å². The van der Waals surface area contributed by atoms with Crippen molar-refractivity contribution in [1.82, 2.24) is 9.55 Å². The second kappa shape index (κ2) is 5.27. The lowest BCUT2D eigenvalue weighted by atomic mass is 10.1. The summed E-state index contributed by atoms with van der Waals surface area (Å²) in [6.45, 7) is 0. The highest BCUT2D eigenvalue weighted by Crippen LogP contribution is 2.33. The molecular formula is C15H8ClF3N2O2. The van der Waals surface area contributed by atoms with Gasteiger partial charge in [0, 0.05) is 17.8 Å². The predicted molar refractivity (Wildman–Crippen MR) is 78.0 cm³/mol.